The highest BCUT2D eigenvalue weighted by Gasteiger charge is 2.09. The molecule has 0 saturated heterocycles. The Morgan fingerprint density at radius 1 is 1.00 bits per heavy atom. The maximum absolute atomic E-state index is 5.58. The SMILES string of the molecule is Brc1cccc(-c2nnc(COc3ccccc3)o2)c1. The first-order valence-corrected chi connectivity index (χ1v) is 6.87. The molecule has 3 rings (SSSR count). The molecule has 0 N–H and O–H groups in total. The standard InChI is InChI=1S/C15H11BrN2O2/c16-12-6-4-5-11(9-12)15-18-17-14(20-15)10-19-13-7-2-1-3-8-13/h1-9H,10H2. The largest absolute Gasteiger partial charge is 0.484 e. The Balaban J connectivity index is 1.71. The van der Waals surface area contributed by atoms with Crippen LogP contribution in [0.4, 0.5) is 0 Å². The van der Waals surface area contributed by atoms with E-state index in [0.717, 1.165) is 15.8 Å². The summed E-state index contributed by atoms with van der Waals surface area (Å²) in [6, 6.07) is 17.2. The lowest BCUT2D eigenvalue weighted by molar-refractivity contribution is 0.264. The summed E-state index contributed by atoms with van der Waals surface area (Å²) in [5, 5.41) is 8.00. The molecule has 2 aromatic carbocycles. The Labute approximate surface area is 124 Å². The lowest BCUT2D eigenvalue weighted by Gasteiger charge is -2.01. The highest BCUT2D eigenvalue weighted by Crippen LogP contribution is 2.22. The molecule has 1 aromatic heterocycles. The summed E-state index contributed by atoms with van der Waals surface area (Å²) in [7, 11) is 0. The molecule has 4 nitrogen and oxygen atoms in total. The smallest absolute Gasteiger partial charge is 0.254 e. The second-order valence-electron chi connectivity index (χ2n) is 4.11. The van der Waals surface area contributed by atoms with Gasteiger partial charge < -0.3 is 9.15 Å². The number of benzene rings is 2. The lowest BCUT2D eigenvalue weighted by atomic mass is 10.2. The predicted molar refractivity (Wildman–Crippen MR) is 78.2 cm³/mol. The van der Waals surface area contributed by atoms with E-state index < -0.39 is 0 Å². The van der Waals surface area contributed by atoms with Crippen molar-refractivity contribution in [2.24, 2.45) is 0 Å². The van der Waals surface area contributed by atoms with E-state index in [1.54, 1.807) is 0 Å². The van der Waals surface area contributed by atoms with E-state index in [4.69, 9.17) is 9.15 Å². The van der Waals surface area contributed by atoms with Crippen molar-refractivity contribution >= 4 is 15.9 Å². The van der Waals surface area contributed by atoms with E-state index in [0.29, 0.717) is 11.8 Å². The summed E-state index contributed by atoms with van der Waals surface area (Å²) in [5.41, 5.74) is 0.873. The quantitative estimate of drug-likeness (QED) is 0.723. The summed E-state index contributed by atoms with van der Waals surface area (Å²) >= 11 is 3.41. The second-order valence-corrected chi connectivity index (χ2v) is 5.03. The molecule has 0 bridgehead atoms. The topological polar surface area (TPSA) is 48.2 Å². The monoisotopic (exact) mass is 330 g/mol. The first-order chi connectivity index (χ1) is 9.81. The molecular formula is C15H11BrN2O2. The third kappa shape index (κ3) is 3.05. The van der Waals surface area contributed by atoms with Gasteiger partial charge >= 0.3 is 0 Å². The van der Waals surface area contributed by atoms with Gasteiger partial charge in [0.15, 0.2) is 6.61 Å². The van der Waals surface area contributed by atoms with Crippen LogP contribution in [0.3, 0.4) is 0 Å². The van der Waals surface area contributed by atoms with E-state index in [1.165, 1.54) is 0 Å². The van der Waals surface area contributed by atoms with Crippen LogP contribution in [0, 0.1) is 0 Å². The van der Waals surface area contributed by atoms with Crippen molar-refractivity contribution in [2.75, 3.05) is 0 Å². The van der Waals surface area contributed by atoms with Gasteiger partial charge in [-0.05, 0) is 30.3 Å². The molecule has 0 atom stereocenters. The molecule has 0 aliphatic carbocycles. The molecule has 1 heterocycles. The average molecular weight is 331 g/mol. The van der Waals surface area contributed by atoms with Crippen molar-refractivity contribution in [3.8, 4) is 17.2 Å². The maximum Gasteiger partial charge on any atom is 0.254 e. The molecule has 0 unspecified atom stereocenters. The third-order valence-corrected chi connectivity index (χ3v) is 3.14. The highest BCUT2D eigenvalue weighted by molar-refractivity contribution is 9.10. The fraction of sp³-hybridized carbons (Fsp3) is 0.0667. The third-order valence-electron chi connectivity index (χ3n) is 2.64. The number of halogens is 1. The molecular weight excluding hydrogens is 320 g/mol. The van der Waals surface area contributed by atoms with Gasteiger partial charge in [-0.2, -0.15) is 0 Å². The summed E-state index contributed by atoms with van der Waals surface area (Å²) < 4.78 is 12.1. The maximum atomic E-state index is 5.58. The molecule has 0 spiro atoms. The van der Waals surface area contributed by atoms with Crippen LogP contribution in [0.25, 0.3) is 11.5 Å². The van der Waals surface area contributed by atoms with Crippen LogP contribution in [0.1, 0.15) is 5.89 Å². The van der Waals surface area contributed by atoms with Crippen LogP contribution in [0.2, 0.25) is 0 Å². The molecule has 0 saturated carbocycles. The fourth-order valence-corrected chi connectivity index (χ4v) is 2.11. The summed E-state index contributed by atoms with van der Waals surface area (Å²) in [6.45, 7) is 0.255. The highest BCUT2D eigenvalue weighted by atomic mass is 79.9. The van der Waals surface area contributed by atoms with E-state index in [9.17, 15) is 0 Å². The summed E-state index contributed by atoms with van der Waals surface area (Å²) in [4.78, 5) is 0. The Bertz CT molecular complexity index is 698. The van der Waals surface area contributed by atoms with Crippen LogP contribution in [-0.2, 0) is 6.61 Å². The predicted octanol–water partition coefficient (Wildman–Crippen LogP) is 4.08. The van der Waals surface area contributed by atoms with Gasteiger partial charge in [-0.3, -0.25) is 0 Å². The van der Waals surface area contributed by atoms with Crippen LogP contribution in [0.15, 0.2) is 63.5 Å². The number of rotatable bonds is 4. The van der Waals surface area contributed by atoms with Crippen molar-refractivity contribution in [1.29, 1.82) is 0 Å². The van der Waals surface area contributed by atoms with Crippen molar-refractivity contribution in [3.05, 3.63) is 65.0 Å². The summed E-state index contributed by atoms with van der Waals surface area (Å²) in [5.74, 6) is 1.71. The molecule has 20 heavy (non-hydrogen) atoms. The van der Waals surface area contributed by atoms with Gasteiger partial charge in [0.2, 0.25) is 5.89 Å². The molecule has 0 aliphatic rings. The zero-order valence-corrected chi connectivity index (χ0v) is 12.1. The van der Waals surface area contributed by atoms with Gasteiger partial charge in [-0.25, -0.2) is 0 Å². The molecule has 0 aliphatic heterocycles. The van der Waals surface area contributed by atoms with Crippen LogP contribution < -0.4 is 4.74 Å². The Hall–Kier alpha value is -2.14. The van der Waals surface area contributed by atoms with Crippen molar-refractivity contribution in [2.45, 2.75) is 6.61 Å². The first kappa shape index (κ1) is 12.9. The lowest BCUT2D eigenvalue weighted by Crippen LogP contribution is -1.95. The minimum atomic E-state index is 0.255. The van der Waals surface area contributed by atoms with E-state index in [-0.39, 0.29) is 6.61 Å². The van der Waals surface area contributed by atoms with Crippen LogP contribution >= 0.6 is 15.9 Å². The molecule has 100 valence electrons. The number of hydrogen-bond acceptors (Lipinski definition) is 4. The van der Waals surface area contributed by atoms with Crippen LogP contribution in [-0.4, -0.2) is 10.2 Å². The Morgan fingerprint density at radius 2 is 1.85 bits per heavy atom. The van der Waals surface area contributed by atoms with Crippen molar-refractivity contribution < 1.29 is 9.15 Å². The Morgan fingerprint density at radius 3 is 2.65 bits per heavy atom. The number of ether oxygens (including phenoxy) is 1. The zero-order valence-electron chi connectivity index (χ0n) is 10.5. The summed E-state index contributed by atoms with van der Waals surface area (Å²) in [6.07, 6.45) is 0. The zero-order chi connectivity index (χ0) is 13.8. The van der Waals surface area contributed by atoms with Gasteiger partial charge in [-0.15, -0.1) is 10.2 Å². The number of para-hydroxylation sites is 1. The van der Waals surface area contributed by atoms with Gasteiger partial charge in [0.25, 0.3) is 5.89 Å². The molecule has 0 amide bonds. The number of aromatic nitrogens is 2. The van der Waals surface area contributed by atoms with Crippen molar-refractivity contribution in [3.63, 3.8) is 0 Å². The fourth-order valence-electron chi connectivity index (χ4n) is 1.71. The number of nitrogens with zero attached hydrogens (tertiary/aromatic N) is 2. The minimum Gasteiger partial charge on any atom is -0.484 e. The normalized spacial score (nSPS) is 10.4. The molecule has 3 aromatic rings. The Kier molecular flexibility index (Phi) is 3.78. The second kappa shape index (κ2) is 5.88. The van der Waals surface area contributed by atoms with Gasteiger partial charge in [0, 0.05) is 10.0 Å². The van der Waals surface area contributed by atoms with E-state index in [1.807, 2.05) is 54.6 Å². The average Bonchev–Trinajstić information content (AvgIpc) is 2.95. The minimum absolute atomic E-state index is 0.255. The van der Waals surface area contributed by atoms with Crippen molar-refractivity contribution in [1.82, 2.24) is 10.2 Å². The van der Waals surface area contributed by atoms with E-state index in [2.05, 4.69) is 26.1 Å². The van der Waals surface area contributed by atoms with Gasteiger partial charge in [0.1, 0.15) is 5.75 Å². The van der Waals surface area contributed by atoms with E-state index >= 15 is 0 Å². The van der Waals surface area contributed by atoms with Crippen LogP contribution in [0.5, 0.6) is 5.75 Å². The first-order valence-electron chi connectivity index (χ1n) is 6.07. The molecule has 0 radical (unpaired) electrons. The molecule has 5 heteroatoms. The van der Waals surface area contributed by atoms with Gasteiger partial charge in [-0.1, -0.05) is 40.2 Å². The molecule has 0 fully saturated rings. The number of hydrogen-bond donors (Lipinski definition) is 0. The van der Waals surface area contributed by atoms with Gasteiger partial charge in [0.05, 0.1) is 0 Å².